The number of carbonyl (C=O) groups is 1. The van der Waals surface area contributed by atoms with Gasteiger partial charge in [-0.05, 0) is 43.0 Å². The van der Waals surface area contributed by atoms with Gasteiger partial charge in [-0.2, -0.15) is 0 Å². The molecule has 1 spiro atoms. The number of benzene rings is 1. The second kappa shape index (κ2) is 6.34. The van der Waals surface area contributed by atoms with Crippen molar-refractivity contribution in [3.8, 4) is 5.75 Å². The molecule has 0 radical (unpaired) electrons. The van der Waals surface area contributed by atoms with Crippen LogP contribution < -0.4 is 10.5 Å². The zero-order valence-electron chi connectivity index (χ0n) is 16.0. The number of rotatable bonds is 2. The number of hydrogen-bond donors (Lipinski definition) is 1. The van der Waals surface area contributed by atoms with Crippen molar-refractivity contribution in [2.75, 3.05) is 19.7 Å². The number of ether oxygens (including phenoxy) is 1. The van der Waals surface area contributed by atoms with Gasteiger partial charge in [0.25, 0.3) is 5.91 Å². The quantitative estimate of drug-likeness (QED) is 0.746. The lowest BCUT2D eigenvalue weighted by molar-refractivity contribution is 0.0641. The van der Waals surface area contributed by atoms with E-state index in [-0.39, 0.29) is 11.3 Å². The normalized spacial score (nSPS) is 17.7. The lowest BCUT2D eigenvalue weighted by Crippen LogP contribution is -2.46. The highest BCUT2D eigenvalue weighted by molar-refractivity contribution is 5.93. The van der Waals surface area contributed by atoms with E-state index >= 15 is 0 Å². The van der Waals surface area contributed by atoms with Crippen molar-refractivity contribution in [1.82, 2.24) is 14.3 Å². The summed E-state index contributed by atoms with van der Waals surface area (Å²) in [6.07, 6.45) is 5.61. The highest BCUT2D eigenvalue weighted by atomic mass is 16.5. The van der Waals surface area contributed by atoms with Gasteiger partial charge >= 0.3 is 0 Å². The number of aromatic nitrogens is 2. The Bertz CT molecular complexity index is 1060. The summed E-state index contributed by atoms with van der Waals surface area (Å²) >= 11 is 0. The number of likely N-dealkylation sites (tertiary alicyclic amines) is 1. The predicted octanol–water partition coefficient (Wildman–Crippen LogP) is 2.67. The molecule has 6 heteroatoms. The van der Waals surface area contributed by atoms with Crippen molar-refractivity contribution in [2.45, 2.75) is 31.7 Å². The minimum atomic E-state index is -0.00663. The molecule has 0 bridgehead atoms. The van der Waals surface area contributed by atoms with E-state index in [4.69, 9.17) is 10.5 Å². The first-order valence-electron chi connectivity index (χ1n) is 9.79. The maximum atomic E-state index is 13.0. The summed E-state index contributed by atoms with van der Waals surface area (Å²) in [4.78, 5) is 19.4. The van der Waals surface area contributed by atoms with Gasteiger partial charge in [0, 0.05) is 43.0 Å². The molecule has 2 aliphatic heterocycles. The van der Waals surface area contributed by atoms with E-state index < -0.39 is 0 Å². The Labute approximate surface area is 163 Å². The molecule has 144 valence electrons. The molecule has 28 heavy (non-hydrogen) atoms. The highest BCUT2D eigenvalue weighted by Gasteiger charge is 2.44. The van der Waals surface area contributed by atoms with Gasteiger partial charge in [0.1, 0.15) is 17.1 Å². The first-order valence-corrected chi connectivity index (χ1v) is 9.79. The molecule has 1 amide bonds. The third kappa shape index (κ3) is 2.67. The Morgan fingerprint density at radius 3 is 2.82 bits per heavy atom. The molecule has 4 heterocycles. The number of nitrogens with zero attached hydrogens (tertiary/aromatic N) is 3. The monoisotopic (exact) mass is 376 g/mol. The molecule has 3 aromatic rings. The van der Waals surface area contributed by atoms with Gasteiger partial charge in [-0.1, -0.05) is 18.2 Å². The van der Waals surface area contributed by atoms with Gasteiger partial charge in [-0.15, -0.1) is 0 Å². The molecule has 2 aromatic heterocycles. The average Bonchev–Trinajstić information content (AvgIpc) is 3.29. The van der Waals surface area contributed by atoms with E-state index in [1.54, 1.807) is 0 Å². The van der Waals surface area contributed by atoms with Crippen molar-refractivity contribution >= 4 is 11.6 Å². The standard InChI is InChI=1S/C22H24N4O2/c1-15-2-5-20-24-18(13-26(20)12-15)21(27)25-8-6-22(7-9-25)14-28-19-4-3-16(11-23)10-17(19)22/h2-5,10,12-13H,6-9,11,14,23H2,1H3. The molecule has 0 unspecified atom stereocenters. The van der Waals surface area contributed by atoms with Crippen LogP contribution in [0.1, 0.15) is 40.0 Å². The summed E-state index contributed by atoms with van der Waals surface area (Å²) in [5, 5.41) is 0. The number of hydrogen-bond acceptors (Lipinski definition) is 4. The van der Waals surface area contributed by atoms with Gasteiger partial charge in [-0.3, -0.25) is 4.79 Å². The first-order chi connectivity index (χ1) is 13.6. The highest BCUT2D eigenvalue weighted by Crippen LogP contribution is 2.45. The third-order valence-electron chi connectivity index (χ3n) is 6.18. The van der Waals surface area contributed by atoms with E-state index in [0.717, 1.165) is 35.4 Å². The Morgan fingerprint density at radius 1 is 1.21 bits per heavy atom. The molecular formula is C22H24N4O2. The largest absolute Gasteiger partial charge is 0.492 e. The van der Waals surface area contributed by atoms with Crippen LogP contribution in [0.25, 0.3) is 5.65 Å². The Hall–Kier alpha value is -2.86. The maximum absolute atomic E-state index is 13.0. The van der Waals surface area contributed by atoms with Crippen LogP contribution in [0.5, 0.6) is 5.75 Å². The minimum Gasteiger partial charge on any atom is -0.492 e. The molecule has 1 aromatic carbocycles. The number of amides is 1. The van der Waals surface area contributed by atoms with Crippen LogP contribution in [0.4, 0.5) is 0 Å². The zero-order chi connectivity index (χ0) is 19.3. The van der Waals surface area contributed by atoms with Crippen molar-refractivity contribution in [3.63, 3.8) is 0 Å². The molecule has 2 N–H and O–H groups in total. The van der Waals surface area contributed by atoms with Crippen LogP contribution in [0.15, 0.2) is 42.7 Å². The topological polar surface area (TPSA) is 72.9 Å². The van der Waals surface area contributed by atoms with Crippen molar-refractivity contribution < 1.29 is 9.53 Å². The van der Waals surface area contributed by atoms with Gasteiger partial charge in [0.2, 0.25) is 0 Å². The molecule has 0 aliphatic carbocycles. The Balaban J connectivity index is 1.35. The summed E-state index contributed by atoms with van der Waals surface area (Å²) in [7, 11) is 0. The fourth-order valence-electron chi connectivity index (χ4n) is 4.46. The van der Waals surface area contributed by atoms with E-state index in [9.17, 15) is 4.79 Å². The Kier molecular flexibility index (Phi) is 3.91. The molecule has 0 atom stereocenters. The van der Waals surface area contributed by atoms with Gasteiger partial charge in [0.15, 0.2) is 0 Å². The number of carbonyl (C=O) groups excluding carboxylic acids is 1. The minimum absolute atomic E-state index is 0.00560. The summed E-state index contributed by atoms with van der Waals surface area (Å²) in [5.74, 6) is 0.971. The van der Waals surface area contributed by atoms with Crippen molar-refractivity contribution in [2.24, 2.45) is 5.73 Å². The van der Waals surface area contributed by atoms with Crippen molar-refractivity contribution in [1.29, 1.82) is 0 Å². The van der Waals surface area contributed by atoms with E-state index in [2.05, 4.69) is 11.1 Å². The second-order valence-corrected chi connectivity index (χ2v) is 7.99. The molecule has 1 saturated heterocycles. The van der Waals surface area contributed by atoms with Crippen LogP contribution in [-0.2, 0) is 12.0 Å². The lowest BCUT2D eigenvalue weighted by atomic mass is 9.74. The summed E-state index contributed by atoms with van der Waals surface area (Å²) in [6, 6.07) is 10.2. The van der Waals surface area contributed by atoms with Crippen LogP contribution >= 0.6 is 0 Å². The van der Waals surface area contributed by atoms with Gasteiger partial charge in [-0.25, -0.2) is 4.98 Å². The van der Waals surface area contributed by atoms with Crippen LogP contribution in [0.2, 0.25) is 0 Å². The SMILES string of the molecule is Cc1ccc2nc(C(=O)N3CCC4(CC3)COc3ccc(CN)cc34)cn2c1. The van der Waals surface area contributed by atoms with Crippen molar-refractivity contribution in [3.05, 3.63) is 65.1 Å². The number of imidazole rings is 1. The molecular weight excluding hydrogens is 352 g/mol. The van der Waals surface area contributed by atoms with E-state index in [1.807, 2.05) is 52.9 Å². The molecule has 6 nitrogen and oxygen atoms in total. The number of nitrogens with two attached hydrogens (primary N) is 1. The molecule has 5 rings (SSSR count). The fraction of sp³-hybridized carbons (Fsp3) is 0.364. The predicted molar refractivity (Wildman–Crippen MR) is 107 cm³/mol. The lowest BCUT2D eigenvalue weighted by Gasteiger charge is -2.38. The van der Waals surface area contributed by atoms with Crippen LogP contribution in [-0.4, -0.2) is 39.9 Å². The van der Waals surface area contributed by atoms with Crippen LogP contribution in [0.3, 0.4) is 0 Å². The number of aryl methyl sites for hydroxylation is 1. The molecule has 2 aliphatic rings. The second-order valence-electron chi connectivity index (χ2n) is 7.99. The molecule has 1 fully saturated rings. The van der Waals surface area contributed by atoms with E-state index in [0.29, 0.717) is 31.9 Å². The summed E-state index contributed by atoms with van der Waals surface area (Å²) in [5.41, 5.74) is 10.7. The maximum Gasteiger partial charge on any atom is 0.274 e. The van der Waals surface area contributed by atoms with Gasteiger partial charge in [0.05, 0.1) is 6.61 Å². The zero-order valence-corrected chi connectivity index (χ0v) is 16.0. The first kappa shape index (κ1) is 17.3. The fourth-order valence-corrected chi connectivity index (χ4v) is 4.46. The summed E-state index contributed by atoms with van der Waals surface area (Å²) < 4.78 is 7.88. The Morgan fingerprint density at radius 2 is 2.04 bits per heavy atom. The summed E-state index contributed by atoms with van der Waals surface area (Å²) in [6.45, 7) is 4.67. The molecule has 0 saturated carbocycles. The number of pyridine rings is 1. The van der Waals surface area contributed by atoms with Crippen LogP contribution in [0, 0.1) is 6.92 Å². The van der Waals surface area contributed by atoms with Gasteiger partial charge < -0.3 is 19.8 Å². The smallest absolute Gasteiger partial charge is 0.274 e. The average molecular weight is 376 g/mol. The number of piperidine rings is 1. The van der Waals surface area contributed by atoms with E-state index in [1.165, 1.54) is 5.56 Å². The number of fused-ring (bicyclic) bond motifs is 3. The third-order valence-corrected chi connectivity index (χ3v) is 6.18.